The molecule has 24 heavy (non-hydrogen) atoms. The molecule has 2 N–H and O–H groups in total. The largest absolute Gasteiger partial charge is 0.337 e. The van der Waals surface area contributed by atoms with Gasteiger partial charge in [0.05, 0.1) is 21.5 Å². The Labute approximate surface area is 146 Å². The Kier molecular flexibility index (Phi) is 3.76. The number of carbonyl (C=O) groups is 1. The fraction of sp³-hybridized carbons (Fsp3) is 0. The fourth-order valence-corrected chi connectivity index (χ4v) is 3.25. The van der Waals surface area contributed by atoms with Gasteiger partial charge < -0.3 is 10.3 Å². The lowest BCUT2D eigenvalue weighted by Gasteiger charge is -2.06. The molecule has 4 aromatic rings. The third kappa shape index (κ3) is 2.77. The molecular weight excluding hydrogens is 344 g/mol. The van der Waals surface area contributed by atoms with E-state index in [-0.39, 0.29) is 11.1 Å². The topological polar surface area (TPSA) is 70.7 Å². The highest BCUT2D eigenvalue weighted by Gasteiger charge is 2.12. The van der Waals surface area contributed by atoms with E-state index in [1.807, 2.05) is 35.7 Å². The van der Waals surface area contributed by atoms with Crippen LogP contribution in [0.15, 0.2) is 54.0 Å². The van der Waals surface area contributed by atoms with Crippen LogP contribution in [-0.4, -0.2) is 20.9 Å². The normalized spacial score (nSPS) is 10.9. The van der Waals surface area contributed by atoms with Gasteiger partial charge in [-0.15, -0.1) is 11.3 Å². The minimum absolute atomic E-state index is 0.178. The second kappa shape index (κ2) is 6.07. The van der Waals surface area contributed by atoms with Crippen LogP contribution in [0.1, 0.15) is 10.4 Å². The highest BCUT2D eigenvalue weighted by Crippen LogP contribution is 2.26. The predicted molar refractivity (Wildman–Crippen MR) is 96.6 cm³/mol. The fourth-order valence-electron chi connectivity index (χ4n) is 2.37. The SMILES string of the molecule is O=C(Nc1ccc2nc(-c3cccs3)[nH]c2c1)c1cccnc1Cl. The summed E-state index contributed by atoms with van der Waals surface area (Å²) >= 11 is 7.57. The van der Waals surface area contributed by atoms with E-state index in [1.165, 1.54) is 0 Å². The van der Waals surface area contributed by atoms with Gasteiger partial charge in [-0.1, -0.05) is 17.7 Å². The van der Waals surface area contributed by atoms with Gasteiger partial charge in [-0.2, -0.15) is 0 Å². The minimum Gasteiger partial charge on any atom is -0.337 e. The summed E-state index contributed by atoms with van der Waals surface area (Å²) in [5.74, 6) is 0.518. The lowest BCUT2D eigenvalue weighted by atomic mass is 10.2. The van der Waals surface area contributed by atoms with E-state index in [0.717, 1.165) is 21.7 Å². The number of thiophene rings is 1. The van der Waals surface area contributed by atoms with E-state index in [1.54, 1.807) is 29.7 Å². The molecule has 7 heteroatoms. The molecule has 1 aromatic carbocycles. The standard InChI is InChI=1S/C17H11ClN4OS/c18-15-11(3-1-7-19-15)17(23)20-10-5-6-12-13(9-10)22-16(21-12)14-4-2-8-24-14/h1-9H,(H,20,23)(H,21,22). The number of benzene rings is 1. The van der Waals surface area contributed by atoms with Crippen molar-refractivity contribution in [2.45, 2.75) is 0 Å². The number of amides is 1. The van der Waals surface area contributed by atoms with Crippen LogP contribution >= 0.6 is 22.9 Å². The second-order valence-corrected chi connectivity index (χ2v) is 6.40. The molecule has 0 aliphatic rings. The Morgan fingerprint density at radius 2 is 2.12 bits per heavy atom. The average Bonchev–Trinajstić information content (AvgIpc) is 3.24. The number of nitrogens with one attached hydrogen (secondary N) is 2. The van der Waals surface area contributed by atoms with Gasteiger partial charge in [0, 0.05) is 11.9 Å². The van der Waals surface area contributed by atoms with Gasteiger partial charge in [0.1, 0.15) is 11.0 Å². The maximum Gasteiger partial charge on any atom is 0.258 e. The third-order valence-corrected chi connectivity index (χ3v) is 4.68. The highest BCUT2D eigenvalue weighted by molar-refractivity contribution is 7.13. The van der Waals surface area contributed by atoms with Crippen LogP contribution in [0.3, 0.4) is 0 Å². The van der Waals surface area contributed by atoms with Gasteiger partial charge >= 0.3 is 0 Å². The van der Waals surface area contributed by atoms with Crippen LogP contribution in [0.2, 0.25) is 5.15 Å². The number of imidazole rings is 1. The van der Waals surface area contributed by atoms with Gasteiger partial charge in [0.2, 0.25) is 0 Å². The van der Waals surface area contributed by atoms with Gasteiger partial charge in [0.15, 0.2) is 0 Å². The van der Waals surface area contributed by atoms with Gasteiger partial charge in [-0.3, -0.25) is 4.79 Å². The number of H-pyrrole nitrogens is 1. The average molecular weight is 355 g/mol. The summed E-state index contributed by atoms with van der Waals surface area (Å²) in [5, 5.41) is 5.01. The number of aromatic nitrogens is 3. The van der Waals surface area contributed by atoms with Crippen LogP contribution in [0.25, 0.3) is 21.7 Å². The van der Waals surface area contributed by atoms with Crippen LogP contribution in [0, 0.1) is 0 Å². The van der Waals surface area contributed by atoms with E-state index >= 15 is 0 Å². The maximum absolute atomic E-state index is 12.3. The molecule has 0 aliphatic heterocycles. The third-order valence-electron chi connectivity index (χ3n) is 3.50. The van der Waals surface area contributed by atoms with E-state index < -0.39 is 0 Å². The quantitative estimate of drug-likeness (QED) is 0.528. The van der Waals surface area contributed by atoms with E-state index in [0.29, 0.717) is 11.3 Å². The van der Waals surface area contributed by atoms with Crippen molar-refractivity contribution >= 4 is 45.6 Å². The van der Waals surface area contributed by atoms with Crippen molar-refractivity contribution < 1.29 is 4.79 Å². The van der Waals surface area contributed by atoms with Crippen molar-refractivity contribution in [1.29, 1.82) is 0 Å². The molecule has 5 nitrogen and oxygen atoms in total. The molecule has 0 spiro atoms. The summed E-state index contributed by atoms with van der Waals surface area (Å²) in [6.07, 6.45) is 1.54. The molecule has 0 bridgehead atoms. The number of fused-ring (bicyclic) bond motifs is 1. The molecular formula is C17H11ClN4OS. The van der Waals surface area contributed by atoms with Crippen molar-refractivity contribution in [3.8, 4) is 10.7 Å². The first kappa shape index (κ1) is 14.9. The zero-order valence-corrected chi connectivity index (χ0v) is 13.9. The Hall–Kier alpha value is -2.70. The number of rotatable bonds is 3. The molecule has 3 heterocycles. The number of hydrogen-bond donors (Lipinski definition) is 2. The first-order valence-corrected chi connectivity index (χ1v) is 8.42. The van der Waals surface area contributed by atoms with Crippen molar-refractivity contribution in [3.63, 3.8) is 0 Å². The van der Waals surface area contributed by atoms with Gasteiger partial charge in [-0.05, 0) is 41.8 Å². The number of hydrogen-bond acceptors (Lipinski definition) is 4. The lowest BCUT2D eigenvalue weighted by molar-refractivity contribution is 0.102. The monoisotopic (exact) mass is 354 g/mol. The molecule has 0 radical (unpaired) electrons. The summed E-state index contributed by atoms with van der Waals surface area (Å²) in [6, 6.07) is 12.8. The van der Waals surface area contributed by atoms with Crippen molar-refractivity contribution in [2.75, 3.05) is 5.32 Å². The van der Waals surface area contributed by atoms with E-state index in [9.17, 15) is 4.79 Å². The molecule has 118 valence electrons. The molecule has 0 aliphatic carbocycles. The van der Waals surface area contributed by atoms with Crippen molar-refractivity contribution in [3.05, 3.63) is 64.8 Å². The summed E-state index contributed by atoms with van der Waals surface area (Å²) in [4.78, 5) is 25.1. The van der Waals surface area contributed by atoms with Crippen LogP contribution < -0.4 is 5.32 Å². The van der Waals surface area contributed by atoms with Gasteiger partial charge in [-0.25, -0.2) is 9.97 Å². The Bertz CT molecular complexity index is 1030. The molecule has 0 saturated carbocycles. The number of anilines is 1. The number of aromatic amines is 1. The van der Waals surface area contributed by atoms with E-state index in [4.69, 9.17) is 11.6 Å². The number of halogens is 1. The Morgan fingerprint density at radius 3 is 2.92 bits per heavy atom. The Balaban J connectivity index is 1.63. The van der Waals surface area contributed by atoms with Crippen LogP contribution in [0.4, 0.5) is 5.69 Å². The summed E-state index contributed by atoms with van der Waals surface area (Å²) in [6.45, 7) is 0. The molecule has 0 fully saturated rings. The number of nitrogens with zero attached hydrogens (tertiary/aromatic N) is 2. The number of pyridine rings is 1. The summed E-state index contributed by atoms with van der Waals surface area (Å²) in [5.41, 5.74) is 2.70. The lowest BCUT2D eigenvalue weighted by Crippen LogP contribution is -2.12. The maximum atomic E-state index is 12.3. The van der Waals surface area contributed by atoms with Crippen molar-refractivity contribution in [2.24, 2.45) is 0 Å². The summed E-state index contributed by atoms with van der Waals surface area (Å²) < 4.78 is 0. The molecule has 0 unspecified atom stereocenters. The first-order valence-electron chi connectivity index (χ1n) is 7.16. The zero-order valence-electron chi connectivity index (χ0n) is 12.3. The first-order chi connectivity index (χ1) is 11.7. The van der Waals surface area contributed by atoms with E-state index in [2.05, 4.69) is 20.3 Å². The Morgan fingerprint density at radius 1 is 1.21 bits per heavy atom. The smallest absolute Gasteiger partial charge is 0.258 e. The van der Waals surface area contributed by atoms with Gasteiger partial charge in [0.25, 0.3) is 5.91 Å². The molecule has 0 saturated heterocycles. The zero-order chi connectivity index (χ0) is 16.5. The number of carbonyl (C=O) groups excluding carboxylic acids is 1. The molecule has 0 atom stereocenters. The predicted octanol–water partition coefficient (Wildman–Crippen LogP) is 4.59. The summed E-state index contributed by atoms with van der Waals surface area (Å²) in [7, 11) is 0. The minimum atomic E-state index is -0.301. The van der Waals surface area contributed by atoms with Crippen LogP contribution in [0.5, 0.6) is 0 Å². The van der Waals surface area contributed by atoms with Crippen molar-refractivity contribution in [1.82, 2.24) is 15.0 Å². The van der Waals surface area contributed by atoms with Crippen LogP contribution in [-0.2, 0) is 0 Å². The highest BCUT2D eigenvalue weighted by atomic mass is 35.5. The molecule has 3 aromatic heterocycles. The molecule has 4 rings (SSSR count). The molecule has 1 amide bonds. The second-order valence-electron chi connectivity index (χ2n) is 5.09.